The highest BCUT2D eigenvalue weighted by Gasteiger charge is 2.55. The molecule has 122 valence electrons. The van der Waals surface area contributed by atoms with Crippen LogP contribution in [-0.4, -0.2) is 38.9 Å². The van der Waals surface area contributed by atoms with Gasteiger partial charge in [0.25, 0.3) is 0 Å². The Morgan fingerprint density at radius 2 is 2.09 bits per heavy atom. The molecular formula is C19H24N2O2. The number of fused-ring (bicyclic) bond motifs is 3. The van der Waals surface area contributed by atoms with Gasteiger partial charge in [-0.25, -0.2) is 0 Å². The molecule has 1 saturated heterocycles. The molecule has 0 amide bonds. The van der Waals surface area contributed by atoms with Crippen molar-refractivity contribution in [3.63, 3.8) is 0 Å². The Morgan fingerprint density at radius 3 is 2.91 bits per heavy atom. The maximum Gasteiger partial charge on any atom is 0.131 e. The van der Waals surface area contributed by atoms with Gasteiger partial charge < -0.3 is 14.8 Å². The fourth-order valence-corrected chi connectivity index (χ4v) is 5.67. The van der Waals surface area contributed by atoms with Crippen LogP contribution in [-0.2, 0) is 6.42 Å². The lowest BCUT2D eigenvalue weighted by molar-refractivity contribution is -0.130. The van der Waals surface area contributed by atoms with E-state index in [1.807, 2.05) is 6.92 Å². The van der Waals surface area contributed by atoms with Gasteiger partial charge in [-0.3, -0.25) is 4.90 Å². The predicted octanol–water partition coefficient (Wildman–Crippen LogP) is 2.60. The monoisotopic (exact) mass is 312 g/mol. The van der Waals surface area contributed by atoms with E-state index in [-0.39, 0.29) is 11.5 Å². The van der Waals surface area contributed by atoms with E-state index >= 15 is 0 Å². The summed E-state index contributed by atoms with van der Waals surface area (Å²) in [5.74, 6) is 0. The molecule has 4 heteroatoms. The van der Waals surface area contributed by atoms with Gasteiger partial charge in [0.15, 0.2) is 0 Å². The van der Waals surface area contributed by atoms with Crippen LogP contribution < -0.4 is 0 Å². The maximum absolute atomic E-state index is 11.0. The zero-order chi connectivity index (χ0) is 15.8. The van der Waals surface area contributed by atoms with Crippen LogP contribution in [0.25, 0.3) is 10.9 Å². The number of aliphatic hydroxyl groups is 2. The molecule has 1 aromatic heterocycles. The van der Waals surface area contributed by atoms with E-state index in [2.05, 4.69) is 33.7 Å². The van der Waals surface area contributed by atoms with Gasteiger partial charge in [0.1, 0.15) is 6.23 Å². The summed E-state index contributed by atoms with van der Waals surface area (Å²) < 4.78 is 2.16. The standard InChI is InChI=1S/C19H24N2O2/c1-12(22)19-8-4-9-20-10-7-14-13-5-2-3-6-15(13)21(16(23)11-19)17(14)18(19)20/h2-3,5-6,12,16,18,22-23H,4,7-11H2,1H3/t12-,16-,18+,19-/m1/s1. The topological polar surface area (TPSA) is 48.6 Å². The van der Waals surface area contributed by atoms with Gasteiger partial charge in [0.05, 0.1) is 17.7 Å². The average molecular weight is 312 g/mol. The van der Waals surface area contributed by atoms with Gasteiger partial charge in [-0.05, 0) is 44.4 Å². The molecule has 1 aromatic carbocycles. The molecule has 2 N–H and O–H groups in total. The molecule has 1 fully saturated rings. The number of piperidine rings is 1. The summed E-state index contributed by atoms with van der Waals surface area (Å²) >= 11 is 0. The highest BCUT2D eigenvalue weighted by Crippen LogP contribution is 2.59. The van der Waals surface area contributed by atoms with Crippen LogP contribution in [0.2, 0.25) is 0 Å². The molecule has 2 aromatic rings. The second-order valence-corrected chi connectivity index (χ2v) is 7.64. The molecule has 4 nitrogen and oxygen atoms in total. The van der Waals surface area contributed by atoms with Crippen molar-refractivity contribution in [1.29, 1.82) is 0 Å². The van der Waals surface area contributed by atoms with E-state index in [0.29, 0.717) is 6.42 Å². The lowest BCUT2D eigenvalue weighted by Crippen LogP contribution is -2.57. The molecule has 0 bridgehead atoms. The quantitative estimate of drug-likeness (QED) is 0.851. The molecule has 5 rings (SSSR count). The van der Waals surface area contributed by atoms with E-state index in [9.17, 15) is 10.2 Å². The highest BCUT2D eigenvalue weighted by molar-refractivity contribution is 5.86. The van der Waals surface area contributed by atoms with Crippen LogP contribution in [0.5, 0.6) is 0 Å². The predicted molar refractivity (Wildman–Crippen MR) is 89.2 cm³/mol. The van der Waals surface area contributed by atoms with Crippen LogP contribution in [0, 0.1) is 5.41 Å². The van der Waals surface area contributed by atoms with Gasteiger partial charge in [-0.1, -0.05) is 18.2 Å². The molecule has 0 spiro atoms. The van der Waals surface area contributed by atoms with E-state index in [1.165, 1.54) is 16.6 Å². The minimum atomic E-state index is -0.535. The molecule has 4 atom stereocenters. The van der Waals surface area contributed by atoms with E-state index in [1.54, 1.807) is 0 Å². The first-order chi connectivity index (χ1) is 11.1. The van der Waals surface area contributed by atoms with Gasteiger partial charge in [-0.2, -0.15) is 0 Å². The minimum Gasteiger partial charge on any atom is -0.393 e. The number of hydrogen-bond acceptors (Lipinski definition) is 3. The molecule has 3 aliphatic rings. The normalized spacial score (nSPS) is 34.4. The first-order valence-corrected chi connectivity index (χ1v) is 8.85. The van der Waals surface area contributed by atoms with Gasteiger partial charge in [0, 0.05) is 29.5 Å². The maximum atomic E-state index is 11.0. The first kappa shape index (κ1) is 14.0. The number of hydrogen-bond donors (Lipinski definition) is 2. The minimum absolute atomic E-state index is 0.211. The number of aromatic nitrogens is 1. The smallest absolute Gasteiger partial charge is 0.131 e. The Morgan fingerprint density at radius 1 is 1.26 bits per heavy atom. The summed E-state index contributed by atoms with van der Waals surface area (Å²) in [5.41, 5.74) is 3.61. The van der Waals surface area contributed by atoms with E-state index in [4.69, 9.17) is 0 Å². The molecule has 0 unspecified atom stereocenters. The largest absolute Gasteiger partial charge is 0.393 e. The fourth-order valence-electron chi connectivity index (χ4n) is 5.67. The SMILES string of the molecule is C[C@@H](O)[C@@]12CCCN3CCc4c(n(c5ccccc45)[C@H](O)C1)[C@H]32. The van der Waals surface area contributed by atoms with Gasteiger partial charge >= 0.3 is 0 Å². The number of rotatable bonds is 1. The third kappa shape index (κ3) is 1.61. The van der Waals surface area contributed by atoms with Crippen LogP contribution in [0.1, 0.15) is 49.7 Å². The first-order valence-electron chi connectivity index (χ1n) is 8.85. The summed E-state index contributed by atoms with van der Waals surface area (Å²) in [7, 11) is 0. The van der Waals surface area contributed by atoms with E-state index < -0.39 is 12.3 Å². The Hall–Kier alpha value is -1.36. The van der Waals surface area contributed by atoms with Crippen molar-refractivity contribution in [3.8, 4) is 0 Å². The fraction of sp³-hybridized carbons (Fsp3) is 0.579. The van der Waals surface area contributed by atoms with Crippen molar-refractivity contribution in [2.24, 2.45) is 5.41 Å². The lowest BCUT2D eigenvalue weighted by Gasteiger charge is -2.57. The van der Waals surface area contributed by atoms with Crippen molar-refractivity contribution in [1.82, 2.24) is 9.47 Å². The summed E-state index contributed by atoms with van der Waals surface area (Å²) in [6.45, 7) is 4.09. The highest BCUT2D eigenvalue weighted by atomic mass is 16.3. The molecule has 0 aliphatic carbocycles. The van der Waals surface area contributed by atoms with Gasteiger partial charge in [-0.15, -0.1) is 0 Å². The van der Waals surface area contributed by atoms with Crippen LogP contribution in [0.15, 0.2) is 24.3 Å². The second kappa shape index (κ2) is 4.59. The molecule has 23 heavy (non-hydrogen) atoms. The van der Waals surface area contributed by atoms with Crippen molar-refractivity contribution in [3.05, 3.63) is 35.5 Å². The molecule has 0 radical (unpaired) electrons. The zero-order valence-electron chi connectivity index (χ0n) is 13.6. The average Bonchev–Trinajstić information content (AvgIpc) is 2.89. The van der Waals surface area contributed by atoms with Crippen molar-refractivity contribution in [2.75, 3.05) is 13.1 Å². The van der Waals surface area contributed by atoms with Crippen LogP contribution in [0.4, 0.5) is 0 Å². The molecule has 0 saturated carbocycles. The van der Waals surface area contributed by atoms with Crippen molar-refractivity contribution >= 4 is 10.9 Å². The lowest BCUT2D eigenvalue weighted by atomic mass is 9.63. The third-order valence-corrected chi connectivity index (χ3v) is 6.66. The Balaban J connectivity index is 1.85. The number of para-hydroxylation sites is 1. The summed E-state index contributed by atoms with van der Waals surface area (Å²) in [6, 6.07) is 8.70. The summed E-state index contributed by atoms with van der Waals surface area (Å²) in [5, 5.41) is 22.9. The number of aliphatic hydroxyl groups excluding tert-OH is 2. The number of nitrogens with zero attached hydrogens (tertiary/aromatic N) is 2. The molecule has 4 heterocycles. The Labute approximate surface area is 136 Å². The Kier molecular flexibility index (Phi) is 2.80. The zero-order valence-corrected chi connectivity index (χ0v) is 13.6. The molecule has 3 aliphatic heterocycles. The Bertz CT molecular complexity index is 781. The van der Waals surface area contributed by atoms with Crippen LogP contribution in [0.3, 0.4) is 0 Å². The number of benzene rings is 1. The molecular weight excluding hydrogens is 288 g/mol. The van der Waals surface area contributed by atoms with Crippen molar-refractivity contribution in [2.45, 2.75) is 51.0 Å². The van der Waals surface area contributed by atoms with E-state index in [0.717, 1.165) is 37.9 Å². The second-order valence-electron chi connectivity index (χ2n) is 7.64. The third-order valence-electron chi connectivity index (χ3n) is 6.66. The summed E-state index contributed by atoms with van der Waals surface area (Å²) in [4.78, 5) is 2.56. The van der Waals surface area contributed by atoms with Crippen molar-refractivity contribution < 1.29 is 10.2 Å². The van der Waals surface area contributed by atoms with Gasteiger partial charge in [0.2, 0.25) is 0 Å². The summed E-state index contributed by atoms with van der Waals surface area (Å²) in [6.07, 6.45) is 2.88. The van der Waals surface area contributed by atoms with Crippen LogP contribution >= 0.6 is 0 Å².